The van der Waals surface area contributed by atoms with Crippen molar-refractivity contribution in [2.75, 3.05) is 26.2 Å². The smallest absolute Gasteiger partial charge is 0.227 e. The van der Waals surface area contributed by atoms with E-state index < -0.39 is 0 Å². The summed E-state index contributed by atoms with van der Waals surface area (Å²) in [7, 11) is 0. The Kier molecular flexibility index (Phi) is 6.21. The summed E-state index contributed by atoms with van der Waals surface area (Å²) in [6.45, 7) is 10.3. The fourth-order valence-electron chi connectivity index (χ4n) is 3.58. The normalized spacial score (nSPS) is 17.0. The number of aromatic nitrogens is 3. The molecule has 1 aliphatic rings. The Morgan fingerprint density at radius 2 is 1.89 bits per heavy atom. The van der Waals surface area contributed by atoms with Crippen LogP contribution in [0.1, 0.15) is 30.6 Å². The van der Waals surface area contributed by atoms with Crippen molar-refractivity contribution >= 4 is 5.91 Å². The Morgan fingerprint density at radius 1 is 1.15 bits per heavy atom. The van der Waals surface area contributed by atoms with Gasteiger partial charge >= 0.3 is 0 Å². The lowest BCUT2D eigenvalue weighted by Gasteiger charge is -2.25. The summed E-state index contributed by atoms with van der Waals surface area (Å²) in [6, 6.07) is 6.65. The molecule has 0 unspecified atom stereocenters. The number of rotatable bonds is 5. The summed E-state index contributed by atoms with van der Waals surface area (Å²) < 4.78 is 14.9. The fourth-order valence-corrected chi connectivity index (χ4v) is 3.58. The van der Waals surface area contributed by atoms with Crippen LogP contribution in [0.5, 0.6) is 0 Å². The molecule has 0 radical (unpaired) electrons. The number of benzene rings is 1. The molecule has 0 N–H and O–H groups in total. The molecule has 0 spiro atoms. The third-order valence-corrected chi connectivity index (χ3v) is 5.05. The number of halogens is 1. The van der Waals surface area contributed by atoms with Crippen LogP contribution in [0.3, 0.4) is 0 Å². The third kappa shape index (κ3) is 5.13. The van der Waals surface area contributed by atoms with Crippen LogP contribution in [0.15, 0.2) is 24.3 Å². The summed E-state index contributed by atoms with van der Waals surface area (Å²) in [6.07, 6.45) is 0.946. The minimum Gasteiger partial charge on any atom is -0.341 e. The minimum atomic E-state index is -0.210. The highest BCUT2D eigenvalue weighted by atomic mass is 19.1. The van der Waals surface area contributed by atoms with Crippen LogP contribution in [-0.4, -0.2) is 56.7 Å². The first kappa shape index (κ1) is 19.5. The van der Waals surface area contributed by atoms with E-state index in [4.69, 9.17) is 0 Å². The van der Waals surface area contributed by atoms with Crippen LogP contribution in [0, 0.1) is 25.6 Å². The molecule has 1 atom stereocenters. The standard InChI is InChI=1S/C20H28FN5O/c1-15(13-26-17(3)22-16(2)23-26)20(27)25-10-4-9-24(11-12-25)14-18-5-7-19(21)8-6-18/h5-8,15H,4,9-14H2,1-3H3/t15-/m1/s1. The van der Waals surface area contributed by atoms with Gasteiger partial charge in [-0.25, -0.2) is 14.1 Å². The lowest BCUT2D eigenvalue weighted by atomic mass is 10.1. The van der Waals surface area contributed by atoms with Gasteiger partial charge in [0.2, 0.25) is 5.91 Å². The van der Waals surface area contributed by atoms with Crippen LogP contribution in [0.2, 0.25) is 0 Å². The molecule has 0 aliphatic carbocycles. The van der Waals surface area contributed by atoms with Gasteiger partial charge in [0.25, 0.3) is 0 Å². The van der Waals surface area contributed by atoms with Gasteiger partial charge in [-0.2, -0.15) is 5.10 Å². The van der Waals surface area contributed by atoms with Gasteiger partial charge in [0.05, 0.1) is 12.5 Å². The van der Waals surface area contributed by atoms with E-state index in [0.717, 1.165) is 56.4 Å². The summed E-state index contributed by atoms with van der Waals surface area (Å²) in [4.78, 5) is 21.5. The second-order valence-corrected chi connectivity index (χ2v) is 7.37. The van der Waals surface area contributed by atoms with E-state index in [1.165, 1.54) is 12.1 Å². The van der Waals surface area contributed by atoms with Crippen molar-refractivity contribution in [3.8, 4) is 0 Å². The molecule has 2 heterocycles. The molecule has 27 heavy (non-hydrogen) atoms. The first-order chi connectivity index (χ1) is 12.9. The van der Waals surface area contributed by atoms with Gasteiger partial charge in [-0.1, -0.05) is 19.1 Å². The van der Waals surface area contributed by atoms with Crippen molar-refractivity contribution in [1.29, 1.82) is 0 Å². The number of carbonyl (C=O) groups excluding carboxylic acids is 1. The number of aryl methyl sites for hydroxylation is 2. The van der Waals surface area contributed by atoms with Crippen LogP contribution in [-0.2, 0) is 17.9 Å². The molecule has 6 nitrogen and oxygen atoms in total. The quantitative estimate of drug-likeness (QED) is 0.808. The molecule has 2 aromatic rings. The molecule has 1 fully saturated rings. The third-order valence-electron chi connectivity index (χ3n) is 5.05. The topological polar surface area (TPSA) is 54.3 Å². The lowest BCUT2D eigenvalue weighted by molar-refractivity contribution is -0.135. The minimum absolute atomic E-state index is 0.131. The van der Waals surface area contributed by atoms with Crippen molar-refractivity contribution in [3.05, 3.63) is 47.3 Å². The van der Waals surface area contributed by atoms with E-state index in [0.29, 0.717) is 6.54 Å². The molecular weight excluding hydrogens is 345 g/mol. The molecule has 0 bridgehead atoms. The number of hydrogen-bond acceptors (Lipinski definition) is 4. The maximum Gasteiger partial charge on any atom is 0.227 e. The highest BCUT2D eigenvalue weighted by Gasteiger charge is 2.24. The monoisotopic (exact) mass is 373 g/mol. The second-order valence-electron chi connectivity index (χ2n) is 7.37. The molecule has 1 aromatic heterocycles. The molecule has 7 heteroatoms. The van der Waals surface area contributed by atoms with Crippen LogP contribution in [0.4, 0.5) is 4.39 Å². The first-order valence-corrected chi connectivity index (χ1v) is 9.56. The highest BCUT2D eigenvalue weighted by Crippen LogP contribution is 2.13. The van der Waals surface area contributed by atoms with E-state index in [1.807, 2.05) is 42.5 Å². The fraction of sp³-hybridized carbons (Fsp3) is 0.550. The Labute approximate surface area is 160 Å². The number of nitrogens with zero attached hydrogens (tertiary/aromatic N) is 5. The molecule has 146 valence electrons. The van der Waals surface area contributed by atoms with Crippen molar-refractivity contribution < 1.29 is 9.18 Å². The van der Waals surface area contributed by atoms with E-state index in [-0.39, 0.29) is 17.6 Å². The van der Waals surface area contributed by atoms with Gasteiger partial charge in [0.15, 0.2) is 0 Å². The molecule has 0 saturated carbocycles. The van der Waals surface area contributed by atoms with Crippen LogP contribution >= 0.6 is 0 Å². The molecule has 1 amide bonds. The van der Waals surface area contributed by atoms with Crippen LogP contribution < -0.4 is 0 Å². The molecule has 1 aliphatic heterocycles. The Bertz CT molecular complexity index is 773. The van der Waals surface area contributed by atoms with Crippen molar-refractivity contribution in [2.45, 2.75) is 40.3 Å². The number of amides is 1. The first-order valence-electron chi connectivity index (χ1n) is 9.56. The van der Waals surface area contributed by atoms with Gasteiger partial charge in [-0.3, -0.25) is 9.69 Å². The summed E-state index contributed by atoms with van der Waals surface area (Å²) in [5.74, 6) is 1.41. The molecular formula is C20H28FN5O. The molecule has 1 aromatic carbocycles. The average molecular weight is 373 g/mol. The van der Waals surface area contributed by atoms with Gasteiger partial charge in [0, 0.05) is 32.7 Å². The largest absolute Gasteiger partial charge is 0.341 e. The van der Waals surface area contributed by atoms with Crippen LogP contribution in [0.25, 0.3) is 0 Å². The summed E-state index contributed by atoms with van der Waals surface area (Å²) in [5, 5.41) is 4.36. The predicted octanol–water partition coefficient (Wildman–Crippen LogP) is 2.40. The van der Waals surface area contributed by atoms with E-state index in [2.05, 4.69) is 15.0 Å². The predicted molar refractivity (Wildman–Crippen MR) is 102 cm³/mol. The zero-order valence-electron chi connectivity index (χ0n) is 16.4. The zero-order chi connectivity index (χ0) is 19.4. The average Bonchev–Trinajstić information content (AvgIpc) is 2.83. The zero-order valence-corrected chi connectivity index (χ0v) is 16.4. The van der Waals surface area contributed by atoms with Gasteiger partial charge in [-0.15, -0.1) is 0 Å². The SMILES string of the molecule is Cc1nc(C)n(C[C@@H](C)C(=O)N2CCCN(Cc3ccc(F)cc3)CC2)n1. The Balaban J connectivity index is 1.54. The number of carbonyl (C=O) groups is 1. The molecule has 3 rings (SSSR count). The second kappa shape index (κ2) is 8.61. The van der Waals surface area contributed by atoms with Crippen molar-refractivity contribution in [3.63, 3.8) is 0 Å². The maximum atomic E-state index is 13.1. The Hall–Kier alpha value is -2.28. The van der Waals surface area contributed by atoms with E-state index in [1.54, 1.807) is 0 Å². The Morgan fingerprint density at radius 3 is 2.56 bits per heavy atom. The maximum absolute atomic E-state index is 13.1. The molecule has 1 saturated heterocycles. The summed E-state index contributed by atoms with van der Waals surface area (Å²) in [5.41, 5.74) is 1.10. The van der Waals surface area contributed by atoms with Gasteiger partial charge in [0.1, 0.15) is 17.5 Å². The van der Waals surface area contributed by atoms with E-state index >= 15 is 0 Å². The number of hydrogen-bond donors (Lipinski definition) is 0. The summed E-state index contributed by atoms with van der Waals surface area (Å²) >= 11 is 0. The lowest BCUT2D eigenvalue weighted by Crippen LogP contribution is -2.39. The van der Waals surface area contributed by atoms with Gasteiger partial charge in [-0.05, 0) is 38.0 Å². The van der Waals surface area contributed by atoms with Gasteiger partial charge < -0.3 is 4.90 Å². The van der Waals surface area contributed by atoms with E-state index in [9.17, 15) is 9.18 Å². The highest BCUT2D eigenvalue weighted by molar-refractivity contribution is 5.78. The van der Waals surface area contributed by atoms with Crippen molar-refractivity contribution in [2.24, 2.45) is 5.92 Å². The van der Waals surface area contributed by atoms with Crippen molar-refractivity contribution in [1.82, 2.24) is 24.6 Å².